The van der Waals surface area contributed by atoms with Crippen molar-refractivity contribution in [2.24, 2.45) is 0 Å². The van der Waals surface area contributed by atoms with E-state index in [0.29, 0.717) is 0 Å². The van der Waals surface area contributed by atoms with Gasteiger partial charge in [0, 0.05) is 6.20 Å². The van der Waals surface area contributed by atoms with Gasteiger partial charge < -0.3 is 9.84 Å². The summed E-state index contributed by atoms with van der Waals surface area (Å²) < 4.78 is 5.26. The van der Waals surface area contributed by atoms with Gasteiger partial charge in [-0.1, -0.05) is 5.92 Å². The van der Waals surface area contributed by atoms with Crippen LogP contribution in [0.25, 0.3) is 0 Å². The van der Waals surface area contributed by atoms with E-state index in [0.717, 1.165) is 5.56 Å². The number of ether oxygens (including phenoxy) is 1. The molecule has 1 aromatic heterocycles. The Morgan fingerprint density at radius 3 is 3.13 bits per heavy atom. The Hall–Kier alpha value is -1.86. The lowest BCUT2D eigenvalue weighted by Crippen LogP contribution is -2.06. The molecule has 1 atom stereocenters. The number of hydrogen-bond acceptors (Lipinski definition) is 3. The fourth-order valence-corrected chi connectivity index (χ4v) is 0.950. The molecular formula is C11H11NO3. The van der Waals surface area contributed by atoms with E-state index in [-0.39, 0.29) is 18.4 Å². The topological polar surface area (TPSA) is 59.4 Å². The second-order valence-electron chi connectivity index (χ2n) is 2.97. The first-order valence-electron chi connectivity index (χ1n) is 4.39. The first-order valence-corrected chi connectivity index (χ1v) is 4.39. The van der Waals surface area contributed by atoms with E-state index in [1.807, 2.05) is 0 Å². The monoisotopic (exact) mass is 205 g/mol. The van der Waals surface area contributed by atoms with Gasteiger partial charge in [-0.3, -0.25) is 0 Å². The lowest BCUT2D eigenvalue weighted by molar-refractivity contribution is 0.0689. The standard InChI is InChI=1S/C11H11NO3/c1-3-8(2)15-7-9-4-5-12-10(6-9)11(13)14/h1,4-6,8H,7H2,2H3,(H,13,14). The number of aromatic carboxylic acids is 1. The smallest absolute Gasteiger partial charge is 0.354 e. The zero-order valence-electron chi connectivity index (χ0n) is 8.30. The van der Waals surface area contributed by atoms with Crippen molar-refractivity contribution in [3.63, 3.8) is 0 Å². The highest BCUT2D eigenvalue weighted by Crippen LogP contribution is 2.05. The predicted molar refractivity (Wildman–Crippen MR) is 54.3 cm³/mol. The Morgan fingerprint density at radius 1 is 1.80 bits per heavy atom. The van der Waals surface area contributed by atoms with Crippen molar-refractivity contribution < 1.29 is 14.6 Å². The highest BCUT2D eigenvalue weighted by molar-refractivity contribution is 5.85. The molecule has 0 aromatic carbocycles. The molecule has 0 bridgehead atoms. The molecule has 0 saturated carbocycles. The zero-order valence-corrected chi connectivity index (χ0v) is 8.30. The molecule has 1 aromatic rings. The molecule has 4 nitrogen and oxygen atoms in total. The van der Waals surface area contributed by atoms with Crippen LogP contribution in [0.15, 0.2) is 18.3 Å². The molecule has 78 valence electrons. The number of carbonyl (C=O) groups is 1. The summed E-state index contributed by atoms with van der Waals surface area (Å²) in [5.41, 5.74) is 0.744. The van der Waals surface area contributed by atoms with Gasteiger partial charge in [-0.2, -0.15) is 0 Å². The summed E-state index contributed by atoms with van der Waals surface area (Å²) in [6.07, 6.45) is 6.28. The number of aromatic nitrogens is 1. The van der Waals surface area contributed by atoms with E-state index in [2.05, 4.69) is 10.9 Å². The predicted octanol–water partition coefficient (Wildman–Crippen LogP) is 1.32. The fraction of sp³-hybridized carbons (Fsp3) is 0.273. The van der Waals surface area contributed by atoms with Crippen LogP contribution in [0.5, 0.6) is 0 Å². The number of carboxylic acids is 1. The van der Waals surface area contributed by atoms with Gasteiger partial charge >= 0.3 is 5.97 Å². The molecule has 0 fully saturated rings. The van der Waals surface area contributed by atoms with Crippen molar-refractivity contribution in [1.82, 2.24) is 4.98 Å². The van der Waals surface area contributed by atoms with Crippen LogP contribution >= 0.6 is 0 Å². The van der Waals surface area contributed by atoms with E-state index in [9.17, 15) is 4.79 Å². The van der Waals surface area contributed by atoms with Crippen molar-refractivity contribution >= 4 is 5.97 Å². The lowest BCUT2D eigenvalue weighted by Gasteiger charge is -2.06. The molecule has 0 saturated heterocycles. The van der Waals surface area contributed by atoms with Crippen molar-refractivity contribution in [3.05, 3.63) is 29.6 Å². The molecule has 0 spiro atoms. The van der Waals surface area contributed by atoms with E-state index in [1.165, 1.54) is 12.3 Å². The molecule has 0 aliphatic rings. The Bertz CT molecular complexity index is 395. The summed E-state index contributed by atoms with van der Waals surface area (Å²) in [5.74, 6) is 1.36. The Kier molecular flexibility index (Phi) is 3.83. The summed E-state index contributed by atoms with van der Waals surface area (Å²) in [6, 6.07) is 3.15. The van der Waals surface area contributed by atoms with Crippen LogP contribution in [0.3, 0.4) is 0 Å². The SMILES string of the molecule is C#CC(C)OCc1ccnc(C(=O)O)c1. The third-order valence-corrected chi connectivity index (χ3v) is 1.78. The van der Waals surface area contributed by atoms with Gasteiger partial charge in [0.25, 0.3) is 0 Å². The quantitative estimate of drug-likeness (QED) is 0.753. The van der Waals surface area contributed by atoms with Crippen LogP contribution < -0.4 is 0 Å². The van der Waals surface area contributed by atoms with Gasteiger partial charge in [-0.25, -0.2) is 9.78 Å². The average molecular weight is 205 g/mol. The maximum Gasteiger partial charge on any atom is 0.354 e. The number of carboxylic acid groups (broad SMARTS) is 1. The van der Waals surface area contributed by atoms with Gasteiger partial charge in [0.1, 0.15) is 11.8 Å². The van der Waals surface area contributed by atoms with Crippen molar-refractivity contribution in [1.29, 1.82) is 0 Å². The summed E-state index contributed by atoms with van der Waals surface area (Å²) in [4.78, 5) is 14.3. The van der Waals surface area contributed by atoms with Crippen LogP contribution in [-0.4, -0.2) is 22.2 Å². The molecular weight excluding hydrogens is 194 g/mol. The summed E-state index contributed by atoms with van der Waals surface area (Å²) in [6.45, 7) is 2.04. The molecule has 1 unspecified atom stereocenters. The first kappa shape index (κ1) is 11.2. The Balaban J connectivity index is 2.67. The van der Waals surface area contributed by atoms with Crippen LogP contribution in [0.4, 0.5) is 0 Å². The first-order chi connectivity index (χ1) is 7.13. The molecule has 0 radical (unpaired) electrons. The molecule has 1 heterocycles. The van der Waals surface area contributed by atoms with E-state index in [4.69, 9.17) is 16.3 Å². The molecule has 0 aliphatic heterocycles. The minimum Gasteiger partial charge on any atom is -0.477 e. The van der Waals surface area contributed by atoms with E-state index in [1.54, 1.807) is 13.0 Å². The summed E-state index contributed by atoms with van der Waals surface area (Å²) >= 11 is 0. The number of rotatable bonds is 4. The second-order valence-corrected chi connectivity index (χ2v) is 2.97. The number of hydrogen-bond donors (Lipinski definition) is 1. The largest absolute Gasteiger partial charge is 0.477 e. The van der Waals surface area contributed by atoms with Gasteiger partial charge in [0.15, 0.2) is 0 Å². The van der Waals surface area contributed by atoms with Crippen molar-refractivity contribution in [2.75, 3.05) is 0 Å². The van der Waals surface area contributed by atoms with Gasteiger partial charge in [0.2, 0.25) is 0 Å². The normalized spacial score (nSPS) is 11.7. The lowest BCUT2D eigenvalue weighted by atomic mass is 10.2. The van der Waals surface area contributed by atoms with Gasteiger partial charge in [0.05, 0.1) is 6.61 Å². The third kappa shape index (κ3) is 3.41. The van der Waals surface area contributed by atoms with Crippen LogP contribution in [0, 0.1) is 12.3 Å². The van der Waals surface area contributed by atoms with Crippen LogP contribution in [0.1, 0.15) is 23.0 Å². The van der Waals surface area contributed by atoms with E-state index < -0.39 is 5.97 Å². The molecule has 0 aliphatic carbocycles. The number of nitrogens with zero attached hydrogens (tertiary/aromatic N) is 1. The van der Waals surface area contributed by atoms with Crippen molar-refractivity contribution in [3.8, 4) is 12.3 Å². The maximum absolute atomic E-state index is 10.6. The average Bonchev–Trinajstić information content (AvgIpc) is 2.26. The number of pyridine rings is 1. The summed E-state index contributed by atoms with van der Waals surface area (Å²) in [7, 11) is 0. The minimum absolute atomic E-state index is 0.00413. The van der Waals surface area contributed by atoms with E-state index >= 15 is 0 Å². The van der Waals surface area contributed by atoms with Crippen LogP contribution in [-0.2, 0) is 11.3 Å². The number of terminal acetylenes is 1. The second kappa shape index (κ2) is 5.13. The fourth-order valence-electron chi connectivity index (χ4n) is 0.950. The third-order valence-electron chi connectivity index (χ3n) is 1.78. The van der Waals surface area contributed by atoms with Crippen LogP contribution in [0.2, 0.25) is 0 Å². The summed E-state index contributed by atoms with van der Waals surface area (Å²) in [5, 5.41) is 8.70. The van der Waals surface area contributed by atoms with Gasteiger partial charge in [-0.05, 0) is 24.6 Å². The molecule has 15 heavy (non-hydrogen) atoms. The molecule has 0 amide bonds. The minimum atomic E-state index is -1.05. The van der Waals surface area contributed by atoms with Crippen molar-refractivity contribution in [2.45, 2.75) is 19.6 Å². The van der Waals surface area contributed by atoms with Gasteiger partial charge in [-0.15, -0.1) is 6.42 Å². The molecule has 4 heteroatoms. The molecule has 1 rings (SSSR count). The highest BCUT2D eigenvalue weighted by atomic mass is 16.5. The zero-order chi connectivity index (χ0) is 11.3. The Labute approximate surface area is 87.9 Å². The highest BCUT2D eigenvalue weighted by Gasteiger charge is 2.05. The molecule has 1 N–H and O–H groups in total. The maximum atomic E-state index is 10.6. The Morgan fingerprint density at radius 2 is 2.53 bits per heavy atom.